The normalized spacial score (nSPS) is 23.5. The van der Waals surface area contributed by atoms with Gasteiger partial charge in [-0.15, -0.1) is 0 Å². The van der Waals surface area contributed by atoms with Crippen molar-refractivity contribution in [3.8, 4) is 6.07 Å². The molecular weight excluding hydrogens is 488 g/mol. The van der Waals surface area contributed by atoms with E-state index >= 15 is 0 Å². The molecule has 3 aliphatic rings. The van der Waals surface area contributed by atoms with E-state index in [9.17, 15) is 24.8 Å². The smallest absolute Gasteiger partial charge is 0.332 e. The van der Waals surface area contributed by atoms with Gasteiger partial charge in [0.25, 0.3) is 11.5 Å². The van der Waals surface area contributed by atoms with Crippen molar-refractivity contribution in [1.29, 1.82) is 5.26 Å². The summed E-state index contributed by atoms with van der Waals surface area (Å²) in [6, 6.07) is 9.75. The highest BCUT2D eigenvalue weighted by molar-refractivity contribution is 5.99. The molecule has 38 heavy (non-hydrogen) atoms. The number of carbonyl (C=O) groups is 2. The van der Waals surface area contributed by atoms with Crippen LogP contribution < -0.4 is 10.9 Å². The third kappa shape index (κ3) is 3.92. The van der Waals surface area contributed by atoms with Crippen LogP contribution in [0.3, 0.4) is 0 Å². The fourth-order valence-corrected chi connectivity index (χ4v) is 6.13. The van der Waals surface area contributed by atoms with Crippen LogP contribution in [0.4, 0.5) is 11.5 Å². The van der Waals surface area contributed by atoms with Crippen molar-refractivity contribution in [3.05, 3.63) is 51.9 Å². The first-order valence-electron chi connectivity index (χ1n) is 12.9. The highest BCUT2D eigenvalue weighted by atomic mass is 16.5. The molecule has 11 heteroatoms. The number of rotatable bonds is 6. The Morgan fingerprint density at radius 1 is 1.26 bits per heavy atom. The number of aromatic nitrogens is 3. The lowest BCUT2D eigenvalue weighted by Crippen LogP contribution is -2.46. The largest absolute Gasteiger partial charge is 0.479 e. The number of anilines is 2. The van der Waals surface area contributed by atoms with Gasteiger partial charge in [0.2, 0.25) is 0 Å². The predicted octanol–water partition coefficient (Wildman–Crippen LogP) is 3.24. The number of pyridine rings is 1. The highest BCUT2D eigenvalue weighted by Gasteiger charge is 2.42. The van der Waals surface area contributed by atoms with Crippen LogP contribution in [-0.4, -0.2) is 55.4 Å². The van der Waals surface area contributed by atoms with Gasteiger partial charge in [0.1, 0.15) is 5.39 Å². The Bertz CT molecular complexity index is 1520. The lowest BCUT2D eigenvalue weighted by Gasteiger charge is -2.38. The minimum Gasteiger partial charge on any atom is -0.479 e. The first-order chi connectivity index (χ1) is 18.4. The number of hydrogen-bond donors (Lipinski definition) is 3. The molecule has 196 valence electrons. The number of H-pyrrole nitrogens is 1. The number of fused-ring (bicyclic) bond motifs is 2. The lowest BCUT2D eigenvalue weighted by molar-refractivity contribution is -0.158. The molecule has 1 amide bonds. The predicted molar refractivity (Wildman–Crippen MR) is 137 cm³/mol. The van der Waals surface area contributed by atoms with E-state index in [0.717, 1.165) is 31.2 Å². The summed E-state index contributed by atoms with van der Waals surface area (Å²) in [7, 11) is 0. The molecule has 6 rings (SSSR count). The number of nitrogens with zero attached hydrogens (tertiary/aromatic N) is 4. The molecule has 1 saturated heterocycles. The van der Waals surface area contributed by atoms with Crippen molar-refractivity contribution in [2.75, 3.05) is 11.9 Å². The molecule has 4 heterocycles. The van der Waals surface area contributed by atoms with Crippen molar-refractivity contribution in [2.24, 2.45) is 0 Å². The molecular formula is C27H28N6O5. The number of ether oxygens (including phenoxy) is 1. The summed E-state index contributed by atoms with van der Waals surface area (Å²) in [6.45, 7) is 0.552. The van der Waals surface area contributed by atoms with E-state index in [0.29, 0.717) is 47.0 Å². The molecule has 2 aliphatic heterocycles. The van der Waals surface area contributed by atoms with Crippen molar-refractivity contribution >= 4 is 34.3 Å². The summed E-state index contributed by atoms with van der Waals surface area (Å²) in [5, 5.41) is 27.3. The topological polar surface area (TPSA) is 153 Å². The first-order valence-corrected chi connectivity index (χ1v) is 12.9. The van der Waals surface area contributed by atoms with E-state index in [2.05, 4.69) is 16.4 Å². The zero-order valence-electron chi connectivity index (χ0n) is 20.8. The average molecular weight is 517 g/mol. The minimum atomic E-state index is -1.04. The second-order valence-corrected chi connectivity index (χ2v) is 10.4. The Kier molecular flexibility index (Phi) is 5.91. The van der Waals surface area contributed by atoms with Gasteiger partial charge in [-0.05, 0) is 55.5 Å². The Morgan fingerprint density at radius 2 is 2.08 bits per heavy atom. The van der Waals surface area contributed by atoms with E-state index in [4.69, 9.17) is 9.84 Å². The van der Waals surface area contributed by atoms with Crippen LogP contribution in [0.1, 0.15) is 60.9 Å². The number of nitriles is 1. The van der Waals surface area contributed by atoms with E-state index in [1.54, 1.807) is 10.7 Å². The standard InChI is InChI=1S/C27H28N6O5/c28-11-10-27(9-7-21(26(36)37)38-15-27)33-20-8-12-29-24(34)22(20)23(31-33)30-17-5-6-19-16(13-17)14-32(25(19)35)18-3-1-2-4-18/h5-6,8,12-13,18,21H,1-4,7,9-10,14-15H2,(H,29,34)(H,30,31)(H,36,37). The first kappa shape index (κ1) is 24.2. The fourth-order valence-electron chi connectivity index (χ4n) is 6.13. The number of hydrogen-bond acceptors (Lipinski definition) is 7. The highest BCUT2D eigenvalue weighted by Crippen LogP contribution is 2.38. The second-order valence-electron chi connectivity index (χ2n) is 10.4. The van der Waals surface area contributed by atoms with Crippen LogP contribution in [0.15, 0.2) is 35.3 Å². The summed E-state index contributed by atoms with van der Waals surface area (Å²) in [5.41, 5.74) is 1.60. The third-order valence-corrected chi connectivity index (χ3v) is 8.13. The quantitative estimate of drug-likeness (QED) is 0.451. The maximum atomic E-state index is 13.0. The molecule has 0 spiro atoms. The number of carboxylic acid groups (broad SMARTS) is 1. The Hall–Kier alpha value is -4.17. The van der Waals surface area contributed by atoms with Crippen LogP contribution in [0.2, 0.25) is 0 Å². The summed E-state index contributed by atoms with van der Waals surface area (Å²) in [4.78, 5) is 42.0. The van der Waals surface area contributed by atoms with Gasteiger partial charge >= 0.3 is 5.97 Å². The molecule has 0 bridgehead atoms. The molecule has 0 radical (unpaired) electrons. The molecule has 2 fully saturated rings. The van der Waals surface area contributed by atoms with Crippen LogP contribution in [0.5, 0.6) is 0 Å². The van der Waals surface area contributed by atoms with E-state index in [1.807, 2.05) is 23.1 Å². The zero-order chi connectivity index (χ0) is 26.4. The van der Waals surface area contributed by atoms with Crippen LogP contribution in [-0.2, 0) is 21.6 Å². The minimum absolute atomic E-state index is 0.0154. The summed E-state index contributed by atoms with van der Waals surface area (Å²) in [6.07, 6.45) is 5.59. The van der Waals surface area contributed by atoms with Gasteiger partial charge in [-0.1, -0.05) is 12.8 Å². The molecule has 2 unspecified atom stereocenters. The molecule has 1 saturated carbocycles. The van der Waals surface area contributed by atoms with Gasteiger partial charge in [-0.2, -0.15) is 10.4 Å². The number of carboxylic acids is 1. The monoisotopic (exact) mass is 516 g/mol. The summed E-state index contributed by atoms with van der Waals surface area (Å²) < 4.78 is 7.27. The molecule has 1 aliphatic carbocycles. The van der Waals surface area contributed by atoms with Gasteiger partial charge in [-0.25, -0.2) is 4.79 Å². The third-order valence-electron chi connectivity index (χ3n) is 8.13. The van der Waals surface area contributed by atoms with Gasteiger partial charge in [0.15, 0.2) is 11.9 Å². The van der Waals surface area contributed by atoms with Crippen molar-refractivity contribution in [2.45, 2.75) is 69.2 Å². The van der Waals surface area contributed by atoms with Gasteiger partial charge < -0.3 is 25.0 Å². The molecule has 2 atom stereocenters. The van der Waals surface area contributed by atoms with Gasteiger partial charge in [0.05, 0.1) is 30.2 Å². The van der Waals surface area contributed by atoms with Crippen molar-refractivity contribution in [1.82, 2.24) is 19.7 Å². The zero-order valence-corrected chi connectivity index (χ0v) is 20.8. The maximum Gasteiger partial charge on any atom is 0.332 e. The SMILES string of the molecule is N#CCC1(n2nc(Nc3ccc4c(c3)CN(C3CCCC3)C4=O)c3c(=O)[nH]ccc32)CCC(C(=O)O)OC1. The van der Waals surface area contributed by atoms with Crippen molar-refractivity contribution in [3.63, 3.8) is 0 Å². The fraction of sp³-hybridized carbons (Fsp3) is 0.444. The van der Waals surface area contributed by atoms with E-state index in [1.165, 1.54) is 6.20 Å². The Balaban J connectivity index is 1.35. The number of aromatic amines is 1. The van der Waals surface area contributed by atoms with E-state index in [-0.39, 0.29) is 30.9 Å². The molecule has 2 aromatic heterocycles. The number of carbonyl (C=O) groups excluding carboxylic acids is 1. The summed E-state index contributed by atoms with van der Waals surface area (Å²) in [5.74, 6) is -0.655. The van der Waals surface area contributed by atoms with Crippen LogP contribution >= 0.6 is 0 Å². The van der Waals surface area contributed by atoms with Gasteiger partial charge in [0, 0.05) is 30.0 Å². The second kappa shape index (κ2) is 9.29. The number of benzene rings is 1. The molecule has 1 aromatic carbocycles. The van der Waals surface area contributed by atoms with Gasteiger partial charge in [-0.3, -0.25) is 14.3 Å². The van der Waals surface area contributed by atoms with Crippen molar-refractivity contribution < 1.29 is 19.4 Å². The molecule has 11 nitrogen and oxygen atoms in total. The molecule has 3 N–H and O–H groups in total. The Morgan fingerprint density at radius 3 is 2.79 bits per heavy atom. The van der Waals surface area contributed by atoms with Crippen LogP contribution in [0, 0.1) is 11.3 Å². The number of nitrogens with one attached hydrogen (secondary N) is 2. The average Bonchev–Trinajstić information content (AvgIpc) is 3.64. The lowest BCUT2D eigenvalue weighted by atomic mass is 9.87. The maximum absolute atomic E-state index is 13.0. The van der Waals surface area contributed by atoms with E-state index < -0.39 is 17.6 Å². The Labute approximate surface area is 218 Å². The summed E-state index contributed by atoms with van der Waals surface area (Å²) >= 11 is 0. The molecule has 3 aromatic rings. The number of amides is 1. The van der Waals surface area contributed by atoms with Crippen LogP contribution in [0.25, 0.3) is 10.9 Å². The number of aliphatic carboxylic acids is 1.